The fourth-order valence-electron chi connectivity index (χ4n) is 5.01. The number of ether oxygens (including phenoxy) is 1. The van der Waals surface area contributed by atoms with Crippen LogP contribution in [-0.2, 0) is 4.74 Å². The summed E-state index contributed by atoms with van der Waals surface area (Å²) in [6, 6.07) is 27.2. The van der Waals surface area contributed by atoms with Crippen LogP contribution in [0.1, 0.15) is 30.1 Å². The number of hydrogen-bond acceptors (Lipinski definition) is 3. The van der Waals surface area contributed by atoms with E-state index in [-0.39, 0.29) is 5.97 Å². The Labute approximate surface area is 224 Å². The maximum atomic E-state index is 13.8. The van der Waals surface area contributed by atoms with Crippen molar-refractivity contribution in [2.75, 3.05) is 6.61 Å². The fraction of sp³-hybridized carbons (Fsp3) is 0.129. The first kappa shape index (κ1) is 23.7. The Hall–Kier alpha value is -3.73. The van der Waals surface area contributed by atoms with Gasteiger partial charge in [0.25, 0.3) is 5.52 Å². The van der Waals surface area contributed by atoms with Gasteiger partial charge in [0.15, 0.2) is 0 Å². The smallest absolute Gasteiger partial charge is 0.345 e. The monoisotopic (exact) mass is 525 g/mol. The molecule has 0 radical (unpaired) electrons. The van der Waals surface area contributed by atoms with Crippen LogP contribution in [0.15, 0.2) is 84.9 Å². The number of rotatable bonds is 5. The molecule has 0 aliphatic heterocycles. The minimum Gasteiger partial charge on any atom is -0.462 e. The number of carbonyl (C=O) groups is 1. The van der Waals surface area contributed by atoms with Gasteiger partial charge >= 0.3 is 5.97 Å². The van der Waals surface area contributed by atoms with Crippen molar-refractivity contribution in [3.8, 4) is 11.1 Å². The Morgan fingerprint density at radius 2 is 1.49 bits per heavy atom. The van der Waals surface area contributed by atoms with Crippen molar-refractivity contribution in [2.24, 2.45) is 0 Å². The van der Waals surface area contributed by atoms with E-state index in [1.807, 2.05) is 89.4 Å². The lowest BCUT2D eigenvalue weighted by atomic mass is 9.97. The van der Waals surface area contributed by atoms with Crippen molar-refractivity contribution in [1.82, 2.24) is 5.10 Å². The molecule has 0 spiro atoms. The van der Waals surface area contributed by atoms with E-state index in [2.05, 4.69) is 6.92 Å². The molecule has 6 heteroatoms. The zero-order valence-electron chi connectivity index (χ0n) is 20.2. The van der Waals surface area contributed by atoms with Gasteiger partial charge in [0.05, 0.1) is 17.4 Å². The van der Waals surface area contributed by atoms with E-state index in [1.165, 1.54) is 0 Å². The van der Waals surface area contributed by atoms with E-state index in [0.717, 1.165) is 45.6 Å². The second-order valence-electron chi connectivity index (χ2n) is 8.99. The normalized spacial score (nSPS) is 11.5. The lowest BCUT2D eigenvalue weighted by molar-refractivity contribution is -0.548. The van der Waals surface area contributed by atoms with Crippen LogP contribution in [0.4, 0.5) is 0 Å². The van der Waals surface area contributed by atoms with Crippen molar-refractivity contribution in [3.05, 3.63) is 101 Å². The Morgan fingerprint density at radius 3 is 2.32 bits per heavy atom. The first-order valence-corrected chi connectivity index (χ1v) is 13.1. The molecule has 0 saturated heterocycles. The Bertz CT molecular complexity index is 1850. The van der Waals surface area contributed by atoms with Crippen LogP contribution < -0.4 is 4.52 Å². The van der Waals surface area contributed by atoms with Crippen molar-refractivity contribution >= 4 is 67.3 Å². The third kappa shape index (κ3) is 3.88. The molecular formula is C31H23Cl2N2O2+. The van der Waals surface area contributed by atoms with E-state index in [9.17, 15) is 4.79 Å². The molecule has 6 aromatic rings. The first-order valence-electron chi connectivity index (χ1n) is 12.3. The number of esters is 1. The second-order valence-corrected chi connectivity index (χ2v) is 9.80. The molecule has 4 aromatic carbocycles. The molecule has 0 aliphatic carbocycles. The molecule has 2 heterocycles. The molecule has 0 atom stereocenters. The summed E-state index contributed by atoms with van der Waals surface area (Å²) < 4.78 is 7.66. The van der Waals surface area contributed by atoms with Gasteiger partial charge < -0.3 is 4.74 Å². The van der Waals surface area contributed by atoms with E-state index >= 15 is 0 Å². The third-order valence-electron chi connectivity index (χ3n) is 6.72. The average Bonchev–Trinajstić information content (AvgIpc) is 2.92. The number of fused-ring (bicyclic) bond motifs is 7. The SMILES string of the molecule is CCCCOC(=O)c1c2cccc(-c3ccccc3Cl)c2n[n+]2c3ccccc3c3c(Cl)cccc3c12. The molecule has 0 saturated carbocycles. The van der Waals surface area contributed by atoms with E-state index in [4.69, 9.17) is 33.0 Å². The highest BCUT2D eigenvalue weighted by Gasteiger charge is 2.30. The standard InChI is InChI=1S/C31H23Cl2N2O2/c1-2-3-18-37-31(36)28-22-13-8-12-20(19-10-4-6-15-24(19)32)29(22)34-35-26-17-7-5-11-21(26)27-23(30(28)35)14-9-16-25(27)33/h4-17H,2-3,18H2,1H3/q+1. The molecule has 0 N–H and O–H groups in total. The topological polar surface area (TPSA) is 43.3 Å². The largest absolute Gasteiger partial charge is 0.462 e. The van der Waals surface area contributed by atoms with E-state index in [1.54, 1.807) is 0 Å². The number of benzene rings is 4. The number of unbranched alkanes of at least 4 members (excludes halogenated alkanes) is 1. The summed E-state index contributed by atoms with van der Waals surface area (Å²) in [5.74, 6) is -0.383. The average molecular weight is 526 g/mol. The summed E-state index contributed by atoms with van der Waals surface area (Å²) in [4.78, 5) is 13.8. The summed E-state index contributed by atoms with van der Waals surface area (Å²) in [5, 5.41) is 9.76. The molecule has 37 heavy (non-hydrogen) atoms. The molecule has 0 unspecified atom stereocenters. The van der Waals surface area contributed by atoms with Gasteiger partial charge in [0.1, 0.15) is 11.1 Å². The minimum atomic E-state index is -0.383. The zero-order chi connectivity index (χ0) is 25.5. The Balaban J connectivity index is 1.84. The molecule has 6 rings (SSSR count). The maximum absolute atomic E-state index is 13.8. The fourth-order valence-corrected chi connectivity index (χ4v) is 5.52. The highest BCUT2D eigenvalue weighted by molar-refractivity contribution is 6.38. The van der Waals surface area contributed by atoms with Crippen molar-refractivity contribution in [3.63, 3.8) is 0 Å². The number of halogens is 2. The van der Waals surface area contributed by atoms with Crippen molar-refractivity contribution in [1.29, 1.82) is 0 Å². The molecule has 4 nitrogen and oxygen atoms in total. The van der Waals surface area contributed by atoms with Gasteiger partial charge in [-0.15, -0.1) is 0 Å². The van der Waals surface area contributed by atoms with Gasteiger partial charge in [0.2, 0.25) is 5.52 Å². The van der Waals surface area contributed by atoms with Crippen LogP contribution in [0.25, 0.3) is 49.2 Å². The number of carbonyl (C=O) groups excluding carboxylic acids is 1. The van der Waals surface area contributed by atoms with E-state index < -0.39 is 0 Å². The van der Waals surface area contributed by atoms with Crippen molar-refractivity contribution < 1.29 is 14.0 Å². The Morgan fingerprint density at radius 1 is 0.811 bits per heavy atom. The van der Waals surface area contributed by atoms with Crippen molar-refractivity contribution in [2.45, 2.75) is 19.8 Å². The summed E-state index contributed by atoms with van der Waals surface area (Å²) in [6.07, 6.45) is 1.72. The van der Waals surface area contributed by atoms with Crippen LogP contribution in [0.5, 0.6) is 0 Å². The zero-order valence-corrected chi connectivity index (χ0v) is 21.7. The minimum absolute atomic E-state index is 0.349. The van der Waals surface area contributed by atoms with Crippen LogP contribution in [-0.4, -0.2) is 17.7 Å². The molecule has 0 fully saturated rings. The number of nitrogens with zero attached hydrogens (tertiary/aromatic N) is 2. The molecule has 2 aromatic heterocycles. The number of hydrogen-bond donors (Lipinski definition) is 0. The predicted molar refractivity (Wildman–Crippen MR) is 151 cm³/mol. The summed E-state index contributed by atoms with van der Waals surface area (Å²) in [7, 11) is 0. The second kappa shape index (κ2) is 9.62. The highest BCUT2D eigenvalue weighted by Crippen LogP contribution is 2.37. The van der Waals surface area contributed by atoms with Gasteiger partial charge in [0, 0.05) is 43.1 Å². The Kier molecular flexibility index (Phi) is 6.15. The van der Waals surface area contributed by atoms with Crippen LogP contribution in [0.3, 0.4) is 0 Å². The summed E-state index contributed by atoms with van der Waals surface area (Å²) in [6.45, 7) is 2.42. The van der Waals surface area contributed by atoms with Crippen LogP contribution >= 0.6 is 23.2 Å². The maximum Gasteiger partial charge on any atom is 0.345 e. The molecular weight excluding hydrogens is 503 g/mol. The molecule has 0 aliphatic rings. The highest BCUT2D eigenvalue weighted by atomic mass is 35.5. The third-order valence-corrected chi connectivity index (χ3v) is 7.37. The lowest BCUT2D eigenvalue weighted by Gasteiger charge is -2.12. The van der Waals surface area contributed by atoms with E-state index in [0.29, 0.717) is 38.6 Å². The first-order chi connectivity index (χ1) is 18.1. The summed E-state index contributed by atoms with van der Waals surface area (Å²) in [5.41, 5.74) is 4.34. The predicted octanol–water partition coefficient (Wildman–Crippen LogP) is 8.21. The number of para-hydroxylation sites is 1. The van der Waals surface area contributed by atoms with Crippen LogP contribution in [0, 0.1) is 0 Å². The number of aromatic nitrogens is 2. The molecule has 0 bridgehead atoms. The van der Waals surface area contributed by atoms with Gasteiger partial charge in [-0.3, -0.25) is 0 Å². The molecule has 0 amide bonds. The van der Waals surface area contributed by atoms with Gasteiger partial charge in [-0.1, -0.05) is 91.1 Å². The van der Waals surface area contributed by atoms with Crippen LogP contribution in [0.2, 0.25) is 10.0 Å². The summed E-state index contributed by atoms with van der Waals surface area (Å²) >= 11 is 13.4. The van der Waals surface area contributed by atoms with Gasteiger partial charge in [-0.25, -0.2) is 4.79 Å². The molecule has 182 valence electrons. The lowest BCUT2D eigenvalue weighted by Crippen LogP contribution is -2.31. The van der Waals surface area contributed by atoms with Gasteiger partial charge in [-0.2, -0.15) is 0 Å². The van der Waals surface area contributed by atoms with Gasteiger partial charge in [-0.05, 0) is 35.2 Å². The quantitative estimate of drug-likeness (QED) is 0.0748. The number of pyridine rings is 1.